The minimum Gasteiger partial charge on any atom is -0.396 e. The summed E-state index contributed by atoms with van der Waals surface area (Å²) < 4.78 is 1.04. The van der Waals surface area contributed by atoms with Crippen molar-refractivity contribution in [3.63, 3.8) is 0 Å². The lowest BCUT2D eigenvalue weighted by atomic mass is 10.0. The number of benzene rings is 1. The topological polar surface area (TPSA) is 43.7 Å². The van der Waals surface area contributed by atoms with E-state index in [9.17, 15) is 5.11 Å². The van der Waals surface area contributed by atoms with Crippen molar-refractivity contribution in [2.75, 3.05) is 18.1 Å². The van der Waals surface area contributed by atoms with Gasteiger partial charge in [-0.1, -0.05) is 22.0 Å². The smallest absolute Gasteiger partial charge is 0.0782 e. The highest BCUT2D eigenvalue weighted by Gasteiger charge is 2.26. The summed E-state index contributed by atoms with van der Waals surface area (Å²) in [6.07, 6.45) is 3.76. The van der Waals surface area contributed by atoms with Crippen LogP contribution in [0.3, 0.4) is 0 Å². The van der Waals surface area contributed by atoms with E-state index in [-0.39, 0.29) is 6.61 Å². The van der Waals surface area contributed by atoms with Gasteiger partial charge in [-0.2, -0.15) is 0 Å². The molecule has 1 aliphatic heterocycles. The van der Waals surface area contributed by atoms with E-state index in [2.05, 4.69) is 26.9 Å². The van der Waals surface area contributed by atoms with Crippen LogP contribution >= 0.6 is 15.9 Å². The number of rotatable bonds is 5. The number of hydrogen-bond acceptors (Lipinski definition) is 3. The molecule has 4 heteroatoms. The summed E-state index contributed by atoms with van der Waals surface area (Å²) in [5.74, 6) is 0. The third kappa shape index (κ3) is 3.50. The van der Waals surface area contributed by atoms with E-state index >= 15 is 0 Å². The highest BCUT2D eigenvalue weighted by atomic mass is 79.9. The van der Waals surface area contributed by atoms with E-state index in [1.165, 1.54) is 12.8 Å². The van der Waals surface area contributed by atoms with E-state index in [0.29, 0.717) is 6.04 Å². The van der Waals surface area contributed by atoms with Crippen LogP contribution < -0.4 is 4.90 Å². The van der Waals surface area contributed by atoms with Gasteiger partial charge in [0.05, 0.1) is 6.10 Å². The molecule has 0 aliphatic carbocycles. The Bertz CT molecular complexity index is 423. The molecule has 1 heterocycles. The predicted molar refractivity (Wildman–Crippen MR) is 81.5 cm³/mol. The van der Waals surface area contributed by atoms with Crippen molar-refractivity contribution in [1.82, 2.24) is 0 Å². The van der Waals surface area contributed by atoms with Gasteiger partial charge in [0, 0.05) is 34.9 Å². The van der Waals surface area contributed by atoms with Gasteiger partial charge in [-0.15, -0.1) is 0 Å². The van der Waals surface area contributed by atoms with Crippen molar-refractivity contribution in [3.8, 4) is 0 Å². The first-order valence-corrected chi connectivity index (χ1v) is 7.77. The molecule has 1 aliphatic rings. The number of aliphatic hydroxyl groups excluding tert-OH is 2. The molecule has 106 valence electrons. The summed E-state index contributed by atoms with van der Waals surface area (Å²) in [6, 6.07) is 6.55. The SMILES string of the molecule is CC(O)c1ccc(Br)cc1N1CCCC1CCCO. The monoisotopic (exact) mass is 327 g/mol. The first-order chi connectivity index (χ1) is 9.13. The number of aliphatic hydroxyl groups is 2. The molecule has 2 atom stereocenters. The van der Waals surface area contributed by atoms with Crippen molar-refractivity contribution < 1.29 is 10.2 Å². The summed E-state index contributed by atoms with van der Waals surface area (Å²) in [4.78, 5) is 2.39. The molecule has 1 fully saturated rings. The molecule has 1 saturated heterocycles. The Morgan fingerprint density at radius 1 is 1.47 bits per heavy atom. The average Bonchev–Trinajstić information content (AvgIpc) is 2.83. The molecule has 2 N–H and O–H groups in total. The van der Waals surface area contributed by atoms with Gasteiger partial charge < -0.3 is 15.1 Å². The van der Waals surface area contributed by atoms with E-state index in [0.717, 1.165) is 35.1 Å². The Balaban J connectivity index is 2.26. The zero-order valence-corrected chi connectivity index (χ0v) is 12.9. The maximum Gasteiger partial charge on any atom is 0.0782 e. The molecule has 0 aromatic heterocycles. The Labute approximate surface area is 123 Å². The molecule has 1 aromatic rings. The number of halogens is 1. The molecule has 19 heavy (non-hydrogen) atoms. The van der Waals surface area contributed by atoms with Crippen molar-refractivity contribution in [1.29, 1.82) is 0 Å². The van der Waals surface area contributed by atoms with Crippen LogP contribution in [0, 0.1) is 0 Å². The van der Waals surface area contributed by atoms with Crippen LogP contribution in [0.2, 0.25) is 0 Å². The zero-order chi connectivity index (χ0) is 13.8. The van der Waals surface area contributed by atoms with Crippen LogP contribution in [0.25, 0.3) is 0 Å². The molecule has 0 amide bonds. The first-order valence-electron chi connectivity index (χ1n) is 6.98. The van der Waals surface area contributed by atoms with Crippen molar-refractivity contribution in [2.24, 2.45) is 0 Å². The van der Waals surface area contributed by atoms with Gasteiger partial charge in [-0.3, -0.25) is 0 Å². The van der Waals surface area contributed by atoms with Gasteiger partial charge in [-0.05, 0) is 44.7 Å². The summed E-state index contributed by atoms with van der Waals surface area (Å²) in [5, 5.41) is 18.9. The Kier molecular flexibility index (Phi) is 5.25. The van der Waals surface area contributed by atoms with Gasteiger partial charge in [-0.25, -0.2) is 0 Å². The predicted octanol–water partition coefficient (Wildman–Crippen LogP) is 3.24. The summed E-state index contributed by atoms with van der Waals surface area (Å²) >= 11 is 3.52. The van der Waals surface area contributed by atoms with Gasteiger partial charge in [0.1, 0.15) is 0 Å². The minimum absolute atomic E-state index is 0.256. The second-order valence-corrected chi connectivity index (χ2v) is 6.15. The first kappa shape index (κ1) is 14.8. The van der Waals surface area contributed by atoms with Gasteiger partial charge in [0.2, 0.25) is 0 Å². The Hall–Kier alpha value is -0.580. The molecule has 0 spiro atoms. The molecule has 3 nitrogen and oxygen atoms in total. The third-order valence-electron chi connectivity index (χ3n) is 3.82. The summed E-state index contributed by atoms with van der Waals surface area (Å²) in [6.45, 7) is 3.10. The molecule has 0 radical (unpaired) electrons. The van der Waals surface area contributed by atoms with E-state index in [4.69, 9.17) is 5.11 Å². The second kappa shape index (κ2) is 6.73. The van der Waals surface area contributed by atoms with Crippen LogP contribution in [-0.4, -0.2) is 29.4 Å². The molecular weight excluding hydrogens is 306 g/mol. The molecule has 2 rings (SSSR count). The van der Waals surface area contributed by atoms with Crippen LogP contribution in [0.1, 0.15) is 44.3 Å². The summed E-state index contributed by atoms with van der Waals surface area (Å²) in [7, 11) is 0. The molecular formula is C15H22BrNO2. The van der Waals surface area contributed by atoms with Crippen LogP contribution in [0.15, 0.2) is 22.7 Å². The number of anilines is 1. The van der Waals surface area contributed by atoms with Gasteiger partial charge in [0.25, 0.3) is 0 Å². The fraction of sp³-hybridized carbons (Fsp3) is 0.600. The van der Waals surface area contributed by atoms with Crippen LogP contribution in [0.5, 0.6) is 0 Å². The average molecular weight is 328 g/mol. The van der Waals surface area contributed by atoms with E-state index in [1.54, 1.807) is 0 Å². The summed E-state index contributed by atoms with van der Waals surface area (Å²) in [5.41, 5.74) is 2.11. The fourth-order valence-electron chi connectivity index (χ4n) is 2.90. The maximum atomic E-state index is 9.94. The normalized spacial score (nSPS) is 20.8. The lowest BCUT2D eigenvalue weighted by molar-refractivity contribution is 0.199. The molecule has 1 aromatic carbocycles. The largest absolute Gasteiger partial charge is 0.396 e. The van der Waals surface area contributed by atoms with Crippen LogP contribution in [-0.2, 0) is 0 Å². The third-order valence-corrected chi connectivity index (χ3v) is 4.32. The van der Waals surface area contributed by atoms with Gasteiger partial charge >= 0.3 is 0 Å². The van der Waals surface area contributed by atoms with Crippen molar-refractivity contribution >= 4 is 21.6 Å². The standard InChI is InChI=1S/C15H22BrNO2/c1-11(19)14-7-6-12(16)10-15(14)17-8-2-4-13(17)5-3-9-18/h6-7,10-11,13,18-19H,2-5,8-9H2,1H3. The van der Waals surface area contributed by atoms with Gasteiger partial charge in [0.15, 0.2) is 0 Å². The molecule has 0 saturated carbocycles. The lowest BCUT2D eigenvalue weighted by Gasteiger charge is -2.30. The Morgan fingerprint density at radius 3 is 2.95 bits per heavy atom. The zero-order valence-electron chi connectivity index (χ0n) is 11.3. The highest BCUT2D eigenvalue weighted by Crippen LogP contribution is 2.35. The molecule has 0 bridgehead atoms. The lowest BCUT2D eigenvalue weighted by Crippen LogP contribution is -2.30. The second-order valence-electron chi connectivity index (χ2n) is 5.23. The highest BCUT2D eigenvalue weighted by molar-refractivity contribution is 9.10. The van der Waals surface area contributed by atoms with Crippen molar-refractivity contribution in [2.45, 2.75) is 44.8 Å². The quantitative estimate of drug-likeness (QED) is 0.872. The maximum absolute atomic E-state index is 9.94. The van der Waals surface area contributed by atoms with E-state index < -0.39 is 6.10 Å². The Morgan fingerprint density at radius 2 is 2.26 bits per heavy atom. The fourth-order valence-corrected chi connectivity index (χ4v) is 3.25. The van der Waals surface area contributed by atoms with Crippen molar-refractivity contribution in [3.05, 3.63) is 28.2 Å². The van der Waals surface area contributed by atoms with Crippen LogP contribution in [0.4, 0.5) is 5.69 Å². The van der Waals surface area contributed by atoms with E-state index in [1.807, 2.05) is 19.1 Å². The minimum atomic E-state index is -0.456. The molecule has 2 unspecified atom stereocenters. The number of nitrogens with zero attached hydrogens (tertiary/aromatic N) is 1. The number of hydrogen-bond donors (Lipinski definition) is 2.